The Kier molecular flexibility index (Phi) is 42.2. The number of carbonyl (C=O) groups excluding carboxylic acids is 6. The van der Waals surface area contributed by atoms with E-state index in [1.165, 1.54) is 77.6 Å². The van der Waals surface area contributed by atoms with Gasteiger partial charge in [0.15, 0.2) is 5.91 Å². The van der Waals surface area contributed by atoms with Gasteiger partial charge >= 0.3 is 35.8 Å². The molecule has 2 heterocycles. The fourth-order valence-corrected chi connectivity index (χ4v) is 13.4. The third-order valence-electron chi connectivity index (χ3n) is 20.3. The first-order valence-corrected chi connectivity index (χ1v) is 43.3. The first kappa shape index (κ1) is 108. The molecule has 6 amide bonds. The van der Waals surface area contributed by atoms with E-state index < -0.39 is 65.4 Å². The maximum atomic E-state index is 12.5. The second-order valence-electron chi connectivity index (χ2n) is 30.5. The number of carbonyl (C=O) groups is 12. The van der Waals surface area contributed by atoms with Crippen LogP contribution in [0, 0.1) is 19.9 Å². The maximum Gasteiger partial charge on any atom is 0.354 e. The summed E-state index contributed by atoms with van der Waals surface area (Å²) in [4.78, 5) is 157. The van der Waals surface area contributed by atoms with Gasteiger partial charge in [-0.3, -0.25) is 57.3 Å². The fourth-order valence-electron chi connectivity index (χ4n) is 13.0. The second kappa shape index (κ2) is 54.3. The number of aliphatic carboxylic acids is 5. The Morgan fingerprint density at radius 3 is 1.47 bits per heavy atom. The number of nitrogens with one attached hydrogen (secondary N) is 6. The fraction of sp³-hybridized carbons (Fsp3) is 0.144. The molecule has 0 aliphatic carbocycles. The van der Waals surface area contributed by atoms with Crippen LogP contribution in [0.1, 0.15) is 157 Å². The number of aromatic carboxylic acids is 1. The number of aryl methyl sites for hydroxylation is 5. The zero-order valence-corrected chi connectivity index (χ0v) is 79.1. The topological polar surface area (TPSA) is 527 Å². The molecule has 0 bridgehead atoms. The van der Waals surface area contributed by atoms with Crippen molar-refractivity contribution in [2.45, 2.75) is 84.5 Å². The predicted octanol–water partition coefficient (Wildman–Crippen LogP) is 17.4. The number of aromatic nitrogens is 3. The molecule has 32 nitrogen and oxygen atoms in total. The minimum Gasteiger partial charge on any atom is -0.508 e. The van der Waals surface area contributed by atoms with Crippen LogP contribution in [0.4, 0.5) is 22.7 Å². The number of amides is 6. The molecule has 0 fully saturated rings. The van der Waals surface area contributed by atoms with Crippen LogP contribution >= 0.6 is 23.2 Å². The number of para-hydroxylation sites is 4. The van der Waals surface area contributed by atoms with Gasteiger partial charge in [0, 0.05) is 116 Å². The normalized spacial score (nSPS) is 10.3. The molecule has 0 atom stereocenters. The van der Waals surface area contributed by atoms with Crippen LogP contribution in [0.5, 0.6) is 23.0 Å². The van der Waals surface area contributed by atoms with Crippen LogP contribution < -0.4 is 37.5 Å². The molecule has 2 aromatic heterocycles. The summed E-state index contributed by atoms with van der Waals surface area (Å²) in [5.74, 6) is -8.32. The number of hydrogen-bond acceptors (Lipinski definition) is 19. The van der Waals surface area contributed by atoms with Crippen LogP contribution in [-0.4, -0.2) is 150 Å². The number of rotatable bonds is 31. The van der Waals surface area contributed by atoms with Gasteiger partial charge in [-0.05, 0) is 218 Å². The van der Waals surface area contributed by atoms with Gasteiger partial charge in [-0.1, -0.05) is 144 Å². The molecule has 14 aromatic rings. The van der Waals surface area contributed by atoms with Crippen molar-refractivity contribution in [1.82, 2.24) is 25.2 Å². The Balaban J connectivity index is 0.000000204. The van der Waals surface area contributed by atoms with Crippen LogP contribution in [0.15, 0.2) is 284 Å². The van der Waals surface area contributed by atoms with E-state index in [1.54, 1.807) is 109 Å². The van der Waals surface area contributed by atoms with Crippen molar-refractivity contribution < 1.29 is 141 Å². The minimum absolute atomic E-state index is 0. The van der Waals surface area contributed by atoms with E-state index in [2.05, 4.69) is 47.9 Å². The van der Waals surface area contributed by atoms with Gasteiger partial charge in [0.25, 0.3) is 35.1 Å². The molecule has 0 spiro atoms. The van der Waals surface area contributed by atoms with Crippen molar-refractivity contribution in [2.75, 3.05) is 34.4 Å². The Hall–Kier alpha value is -16.3. The van der Waals surface area contributed by atoms with E-state index in [1.807, 2.05) is 111 Å². The monoisotopic (exact) mass is 2000 g/mol. The Morgan fingerprint density at radius 2 is 0.892 bits per heavy atom. The zero-order valence-electron chi connectivity index (χ0n) is 74.7. The van der Waals surface area contributed by atoms with Gasteiger partial charge in [0.1, 0.15) is 35.0 Å². The molecule has 0 aliphatic heterocycles. The standard InChI is InChI=1S/C18H17N2O4.C18H16N2O3.C17H14Cl2N2O5.C17H12N2O4.C17H17NO4.C17H18O3.Y/c1-12-7-8-14(17(23)19-10-9-16(21)22)11-15(12)20-18(24)13-5-3-2-4-6-13;21-17(22)7-3-4-13-8-10-14(11-9-13)20-12-19-16-6-2-1-5-15(16)18(20)23;18-10-7-12(15(24)13(19)8-10)17(26)21-11-3-1-9(2-4-11)16(25)20-6-5-14(22)23;20-15-4-2-1-3-12(15)16(21)18-11-6-8-13-10(9-11)5-7-14(19-13)17(22)23;1-11-6-7-12(8-9-16(20)21)10-14(11)18-17(22)13-4-2-3-5-15(13)19;18-16-6-2-1-5-15(16)12-14-10-8-13(9-11-14)4-3-7-17(19)20;/h2-5,7-8,11H,9-10H2,1H3,(H,19,23)(H,20,24)(H,21,22);1-2,5-6,8-12H,3-4,7H2,(H,21,22);1-4,7-8,24H,5-6H2,(H,20,25)(H,21,26)(H,22,23);1-9,20H,(H,18,21)(H,22,23);2-7,10,19H,8-9H2,1H3,(H,18,22)(H,20,21);1-2,5-6,8-11,18H,3-4,7,12H2,(H,19,20);/q-1;;;;;;. The number of nitrogens with zero attached hydrogens (tertiary/aromatic N) is 3. The van der Waals surface area contributed by atoms with E-state index in [4.69, 9.17) is 53.8 Å². The van der Waals surface area contributed by atoms with E-state index in [9.17, 15) is 82.8 Å². The van der Waals surface area contributed by atoms with Crippen molar-refractivity contribution in [3.63, 3.8) is 0 Å². The summed E-state index contributed by atoms with van der Waals surface area (Å²) in [5, 5.41) is 108. The van der Waals surface area contributed by atoms with Crippen molar-refractivity contribution in [2.24, 2.45) is 0 Å². The molecule has 1 radical (unpaired) electrons. The van der Waals surface area contributed by atoms with Gasteiger partial charge in [0.05, 0.1) is 56.7 Å². The first-order chi connectivity index (χ1) is 66.0. The second-order valence-corrected chi connectivity index (χ2v) is 31.3. The molecule has 0 unspecified atom stereocenters. The van der Waals surface area contributed by atoms with E-state index in [0.29, 0.717) is 99.1 Å². The minimum atomic E-state index is -1.09. The molecule has 12 aromatic carbocycles. The van der Waals surface area contributed by atoms with Gasteiger partial charge in [-0.2, -0.15) is 0 Å². The Bertz CT molecular complexity index is 6810. The summed E-state index contributed by atoms with van der Waals surface area (Å²) in [7, 11) is 0. The summed E-state index contributed by atoms with van der Waals surface area (Å²) >= 11 is 11.6. The van der Waals surface area contributed by atoms with Gasteiger partial charge in [-0.15, -0.1) is 30.3 Å². The molecular formula is C104H94Cl2N9O23Y-. The Labute approximate surface area is 831 Å². The van der Waals surface area contributed by atoms with Crippen LogP contribution in [0.2, 0.25) is 10.0 Å². The van der Waals surface area contributed by atoms with Gasteiger partial charge < -0.3 is 87.8 Å². The number of fused-ring (bicyclic) bond motifs is 2. The largest absolute Gasteiger partial charge is 0.508 e. The molecule has 0 saturated carbocycles. The number of carboxylic acid groups (broad SMARTS) is 6. The SMILES string of the molecule is Cc1ccc(C(=O)NCCC(=O)O)cc1NC(=O)c1[c-]cccc1.Cc1ccc(CCC(=O)O)cc1NC(=O)c1ccccc1O.O=C(O)CCCc1ccc(-n2cnc3ccccc3c2=O)cc1.O=C(O)CCCc1ccc(Cc2ccccc2O)cc1.O=C(O)CCNC(=O)c1ccc(NC(=O)c2cc(Cl)cc(Cl)c2O)cc1.O=C(O)c1ccc2cc(NC(=O)c3ccccc3O)ccc2n1.[Y]. The number of phenols is 4. The van der Waals surface area contributed by atoms with Crippen LogP contribution in [-0.2, 0) is 82.4 Å². The maximum absolute atomic E-state index is 12.5. The average molecular weight is 2000 g/mol. The van der Waals surface area contributed by atoms with E-state index in [-0.39, 0.29) is 139 Å². The number of hydrogen-bond donors (Lipinski definition) is 16. The quantitative estimate of drug-likeness (QED) is 0.0179. The molecule has 711 valence electrons. The molecule has 0 saturated heterocycles. The molecule has 35 heteroatoms. The van der Waals surface area contributed by atoms with Gasteiger partial charge in [-0.25, -0.2) is 14.8 Å². The van der Waals surface area contributed by atoms with E-state index >= 15 is 0 Å². The number of anilines is 4. The summed E-state index contributed by atoms with van der Waals surface area (Å²) in [5.41, 5.74) is 11.9. The summed E-state index contributed by atoms with van der Waals surface area (Å²) in [6.07, 6.45) is 5.46. The smallest absolute Gasteiger partial charge is 0.354 e. The summed E-state index contributed by atoms with van der Waals surface area (Å²) < 4.78 is 1.52. The number of halogens is 2. The molecular weight excluding hydrogens is 1900 g/mol. The Morgan fingerprint density at radius 1 is 0.403 bits per heavy atom. The summed E-state index contributed by atoms with van der Waals surface area (Å²) in [6.45, 7) is 3.72. The summed E-state index contributed by atoms with van der Waals surface area (Å²) in [6, 6.07) is 79.2. The third kappa shape index (κ3) is 34.9. The number of aromatic hydroxyl groups is 4. The first-order valence-electron chi connectivity index (χ1n) is 42.5. The van der Waals surface area contributed by atoms with Gasteiger partial charge in [0.2, 0.25) is 0 Å². The number of phenolic OH excluding ortho intramolecular Hbond substituents is 4. The molecule has 14 rings (SSSR count). The van der Waals surface area contributed by atoms with Crippen LogP contribution in [0.3, 0.4) is 0 Å². The number of benzene rings is 12. The van der Waals surface area contributed by atoms with Crippen molar-refractivity contribution in [3.05, 3.63) is 384 Å². The molecule has 139 heavy (non-hydrogen) atoms. The van der Waals surface area contributed by atoms with Crippen molar-refractivity contribution in [1.29, 1.82) is 0 Å². The average Bonchev–Trinajstić information content (AvgIpc) is 0.875. The number of pyridine rings is 1. The number of carboxylic acids is 6. The molecule has 16 N–H and O–H groups in total. The molecule has 0 aliphatic rings. The third-order valence-corrected chi connectivity index (χ3v) is 20.8. The zero-order chi connectivity index (χ0) is 99.9. The van der Waals surface area contributed by atoms with Crippen molar-refractivity contribution >= 4 is 139 Å². The predicted molar refractivity (Wildman–Crippen MR) is 520 cm³/mol. The van der Waals surface area contributed by atoms with E-state index in [0.717, 1.165) is 51.1 Å². The van der Waals surface area contributed by atoms with Crippen LogP contribution in [0.25, 0.3) is 27.5 Å². The van der Waals surface area contributed by atoms with Crippen molar-refractivity contribution in [3.8, 4) is 28.7 Å².